The predicted molar refractivity (Wildman–Crippen MR) is 85.3 cm³/mol. The van der Waals surface area contributed by atoms with Crippen LogP contribution in [-0.4, -0.2) is 17.1 Å². The molecular weight excluding hydrogens is 260 g/mol. The molecule has 1 aromatic heterocycles. The molecule has 3 nitrogen and oxygen atoms in total. The van der Waals surface area contributed by atoms with Gasteiger partial charge in [-0.05, 0) is 43.9 Å². The van der Waals surface area contributed by atoms with Crippen LogP contribution in [0.1, 0.15) is 32.3 Å². The van der Waals surface area contributed by atoms with Gasteiger partial charge in [0, 0.05) is 24.3 Å². The summed E-state index contributed by atoms with van der Waals surface area (Å²) in [7, 11) is 0. The van der Waals surface area contributed by atoms with E-state index in [9.17, 15) is 0 Å². The molecule has 110 valence electrons. The first-order valence-corrected chi connectivity index (χ1v) is 7.65. The lowest BCUT2D eigenvalue weighted by molar-refractivity contribution is 0.241. The van der Waals surface area contributed by atoms with Gasteiger partial charge in [0.05, 0.1) is 12.3 Å². The molecule has 1 aliphatic rings. The Morgan fingerprint density at radius 1 is 1.14 bits per heavy atom. The van der Waals surface area contributed by atoms with E-state index in [2.05, 4.69) is 34.6 Å². The second kappa shape index (κ2) is 6.27. The molecule has 0 saturated heterocycles. The fourth-order valence-corrected chi connectivity index (χ4v) is 2.28. The topological polar surface area (TPSA) is 34.1 Å². The van der Waals surface area contributed by atoms with Crippen molar-refractivity contribution in [3.8, 4) is 16.9 Å². The molecule has 0 spiro atoms. The van der Waals surface area contributed by atoms with Gasteiger partial charge in [-0.1, -0.05) is 24.3 Å². The van der Waals surface area contributed by atoms with Gasteiger partial charge in [0.15, 0.2) is 0 Å². The molecule has 21 heavy (non-hydrogen) atoms. The van der Waals surface area contributed by atoms with Crippen molar-refractivity contribution in [2.45, 2.75) is 45.4 Å². The van der Waals surface area contributed by atoms with E-state index in [1.807, 2.05) is 26.1 Å². The lowest BCUT2D eigenvalue weighted by Crippen LogP contribution is -2.14. The van der Waals surface area contributed by atoms with Gasteiger partial charge in [0.1, 0.15) is 5.75 Å². The van der Waals surface area contributed by atoms with Gasteiger partial charge in [-0.15, -0.1) is 0 Å². The summed E-state index contributed by atoms with van der Waals surface area (Å²) < 4.78 is 5.70. The van der Waals surface area contributed by atoms with Crippen LogP contribution < -0.4 is 10.1 Å². The molecule has 1 aliphatic carbocycles. The first-order valence-electron chi connectivity index (χ1n) is 7.65. The molecule has 0 atom stereocenters. The monoisotopic (exact) mass is 282 g/mol. The van der Waals surface area contributed by atoms with Crippen molar-refractivity contribution >= 4 is 0 Å². The number of hydrogen-bond donors (Lipinski definition) is 1. The van der Waals surface area contributed by atoms with Crippen LogP contribution in [-0.2, 0) is 6.54 Å². The van der Waals surface area contributed by atoms with Gasteiger partial charge in [0.25, 0.3) is 0 Å². The second-order valence-corrected chi connectivity index (χ2v) is 5.93. The summed E-state index contributed by atoms with van der Waals surface area (Å²) in [4.78, 5) is 4.27. The summed E-state index contributed by atoms with van der Waals surface area (Å²) >= 11 is 0. The predicted octanol–water partition coefficient (Wildman–Crippen LogP) is 3.79. The van der Waals surface area contributed by atoms with Crippen molar-refractivity contribution in [2.24, 2.45) is 0 Å². The quantitative estimate of drug-likeness (QED) is 0.875. The molecule has 3 heteroatoms. The minimum atomic E-state index is 0.165. The minimum Gasteiger partial charge on any atom is -0.489 e. The molecule has 0 bridgehead atoms. The Morgan fingerprint density at radius 2 is 1.90 bits per heavy atom. The van der Waals surface area contributed by atoms with Gasteiger partial charge in [-0.3, -0.25) is 4.98 Å². The molecule has 0 amide bonds. The van der Waals surface area contributed by atoms with Gasteiger partial charge in [-0.2, -0.15) is 0 Å². The smallest absolute Gasteiger partial charge is 0.138 e. The number of benzene rings is 1. The maximum Gasteiger partial charge on any atom is 0.138 e. The standard InChI is InChI=1S/C18H22N2O/c1-13(2)21-18-9-16(11-19-12-18)15-5-3-14(4-6-15)10-20-17-7-8-17/h3-6,9,11-13,17,20H,7-8,10H2,1-2H3. The Labute approximate surface area is 126 Å². The Bertz CT molecular complexity index is 588. The SMILES string of the molecule is CC(C)Oc1cncc(-c2ccc(CNC3CC3)cc2)c1. The van der Waals surface area contributed by atoms with E-state index in [-0.39, 0.29) is 6.10 Å². The van der Waals surface area contributed by atoms with Gasteiger partial charge < -0.3 is 10.1 Å². The van der Waals surface area contributed by atoms with Crippen LogP contribution >= 0.6 is 0 Å². The van der Waals surface area contributed by atoms with Crippen LogP contribution in [0.15, 0.2) is 42.7 Å². The van der Waals surface area contributed by atoms with E-state index in [0.717, 1.165) is 23.9 Å². The third-order valence-corrected chi connectivity index (χ3v) is 3.54. The Morgan fingerprint density at radius 3 is 2.57 bits per heavy atom. The Balaban J connectivity index is 1.70. The molecule has 0 aliphatic heterocycles. The third-order valence-electron chi connectivity index (χ3n) is 3.54. The Kier molecular flexibility index (Phi) is 4.20. The summed E-state index contributed by atoms with van der Waals surface area (Å²) in [5.41, 5.74) is 3.59. The average molecular weight is 282 g/mol. The van der Waals surface area contributed by atoms with Crippen molar-refractivity contribution < 1.29 is 4.74 Å². The van der Waals surface area contributed by atoms with Crippen molar-refractivity contribution in [1.82, 2.24) is 10.3 Å². The zero-order chi connectivity index (χ0) is 14.7. The highest BCUT2D eigenvalue weighted by molar-refractivity contribution is 5.64. The van der Waals surface area contributed by atoms with Crippen LogP contribution in [0.25, 0.3) is 11.1 Å². The lowest BCUT2D eigenvalue weighted by Gasteiger charge is -2.10. The van der Waals surface area contributed by atoms with E-state index < -0.39 is 0 Å². The van der Waals surface area contributed by atoms with Crippen molar-refractivity contribution in [3.05, 3.63) is 48.3 Å². The highest BCUT2D eigenvalue weighted by Gasteiger charge is 2.19. The van der Waals surface area contributed by atoms with Crippen molar-refractivity contribution in [1.29, 1.82) is 0 Å². The molecule has 1 saturated carbocycles. The molecule has 2 aromatic rings. The largest absolute Gasteiger partial charge is 0.489 e. The van der Waals surface area contributed by atoms with Gasteiger partial charge in [0.2, 0.25) is 0 Å². The van der Waals surface area contributed by atoms with Crippen LogP contribution in [0.3, 0.4) is 0 Å². The third kappa shape index (κ3) is 4.05. The first kappa shape index (κ1) is 14.1. The average Bonchev–Trinajstić information content (AvgIpc) is 3.29. The number of rotatable bonds is 6. The maximum absolute atomic E-state index is 5.70. The normalized spacial score (nSPS) is 14.4. The molecule has 0 unspecified atom stereocenters. The van der Waals surface area contributed by atoms with Crippen LogP contribution in [0.5, 0.6) is 5.75 Å². The molecule has 1 heterocycles. The van der Waals surface area contributed by atoms with Crippen LogP contribution in [0, 0.1) is 0 Å². The molecule has 1 fully saturated rings. The molecule has 0 radical (unpaired) electrons. The van der Waals surface area contributed by atoms with E-state index in [1.54, 1.807) is 6.20 Å². The van der Waals surface area contributed by atoms with Crippen molar-refractivity contribution in [2.75, 3.05) is 0 Å². The molecule has 1 N–H and O–H groups in total. The van der Waals surface area contributed by atoms with Crippen molar-refractivity contribution in [3.63, 3.8) is 0 Å². The molecule has 3 rings (SSSR count). The lowest BCUT2D eigenvalue weighted by atomic mass is 10.1. The maximum atomic E-state index is 5.70. The summed E-state index contributed by atoms with van der Waals surface area (Å²) in [6.07, 6.45) is 6.46. The molecular formula is C18H22N2O. The van der Waals surface area contributed by atoms with Crippen LogP contribution in [0.2, 0.25) is 0 Å². The fourth-order valence-electron chi connectivity index (χ4n) is 2.28. The van der Waals surface area contributed by atoms with E-state index in [1.165, 1.54) is 24.0 Å². The number of hydrogen-bond acceptors (Lipinski definition) is 3. The number of aromatic nitrogens is 1. The van der Waals surface area contributed by atoms with E-state index in [4.69, 9.17) is 4.74 Å². The highest BCUT2D eigenvalue weighted by Crippen LogP contribution is 2.24. The summed E-state index contributed by atoms with van der Waals surface area (Å²) in [5.74, 6) is 0.821. The zero-order valence-corrected chi connectivity index (χ0v) is 12.7. The minimum absolute atomic E-state index is 0.165. The van der Waals surface area contributed by atoms with Gasteiger partial charge >= 0.3 is 0 Å². The van der Waals surface area contributed by atoms with E-state index in [0.29, 0.717) is 0 Å². The summed E-state index contributed by atoms with van der Waals surface area (Å²) in [6, 6.07) is 11.5. The Hall–Kier alpha value is -1.87. The first-order chi connectivity index (χ1) is 10.2. The highest BCUT2D eigenvalue weighted by atomic mass is 16.5. The zero-order valence-electron chi connectivity index (χ0n) is 12.7. The molecule has 1 aromatic carbocycles. The number of nitrogens with zero attached hydrogens (tertiary/aromatic N) is 1. The van der Waals surface area contributed by atoms with E-state index >= 15 is 0 Å². The van der Waals surface area contributed by atoms with Crippen LogP contribution in [0.4, 0.5) is 0 Å². The number of ether oxygens (including phenoxy) is 1. The number of pyridine rings is 1. The second-order valence-electron chi connectivity index (χ2n) is 5.93. The fraction of sp³-hybridized carbons (Fsp3) is 0.389. The summed E-state index contributed by atoms with van der Waals surface area (Å²) in [6.45, 7) is 5.00. The summed E-state index contributed by atoms with van der Waals surface area (Å²) in [5, 5.41) is 3.53. The van der Waals surface area contributed by atoms with Gasteiger partial charge in [-0.25, -0.2) is 0 Å². The number of nitrogens with one attached hydrogen (secondary N) is 1.